The molecule has 8 heteroatoms. The lowest BCUT2D eigenvalue weighted by Crippen LogP contribution is -2.46. The fourth-order valence-corrected chi connectivity index (χ4v) is 4.45. The molecule has 1 atom stereocenters. The molecular formula is C23H26N4O3S. The van der Waals surface area contributed by atoms with E-state index in [2.05, 4.69) is 14.9 Å². The van der Waals surface area contributed by atoms with Crippen LogP contribution < -0.4 is 5.32 Å². The van der Waals surface area contributed by atoms with Gasteiger partial charge in [0, 0.05) is 18.0 Å². The van der Waals surface area contributed by atoms with E-state index in [0.717, 1.165) is 42.8 Å². The van der Waals surface area contributed by atoms with Crippen LogP contribution >= 0.6 is 11.5 Å². The predicted molar refractivity (Wildman–Crippen MR) is 117 cm³/mol. The fraction of sp³-hybridized carbons (Fsp3) is 0.391. The second-order valence-corrected chi connectivity index (χ2v) is 8.51. The number of furan rings is 1. The van der Waals surface area contributed by atoms with Gasteiger partial charge in [0.1, 0.15) is 11.5 Å². The molecule has 1 aromatic carbocycles. The van der Waals surface area contributed by atoms with Gasteiger partial charge >= 0.3 is 0 Å². The molecule has 1 unspecified atom stereocenters. The summed E-state index contributed by atoms with van der Waals surface area (Å²) in [6, 6.07) is 12.4. The van der Waals surface area contributed by atoms with Crippen LogP contribution in [0, 0.1) is 6.92 Å². The number of aryl methyl sites for hydroxylation is 1. The molecule has 1 fully saturated rings. The molecule has 3 aromatic rings. The standard InChI is InChI=1S/C23H26N4O3S/c1-16-12-13-20(30-16)21(22(28)24-18-10-6-3-7-11-18)27(14-17-8-4-2-5-9-17)23(29)19-15-31-26-25-19/h2,4-5,8-9,12-13,15,18,21H,3,6-7,10-11,14H2,1H3,(H,24,28). The Balaban J connectivity index is 1.69. The molecule has 2 aromatic heterocycles. The van der Waals surface area contributed by atoms with Gasteiger partial charge in [-0.25, -0.2) is 0 Å². The lowest BCUT2D eigenvalue weighted by Gasteiger charge is -2.31. The van der Waals surface area contributed by atoms with Crippen molar-refractivity contribution in [1.29, 1.82) is 0 Å². The first-order valence-electron chi connectivity index (χ1n) is 10.6. The van der Waals surface area contributed by atoms with Crippen LogP contribution in [-0.4, -0.2) is 32.3 Å². The van der Waals surface area contributed by atoms with Crippen LogP contribution in [0.2, 0.25) is 0 Å². The van der Waals surface area contributed by atoms with E-state index in [1.165, 1.54) is 11.3 Å². The molecule has 0 radical (unpaired) electrons. The first-order valence-corrected chi connectivity index (χ1v) is 11.4. The van der Waals surface area contributed by atoms with Crippen LogP contribution in [0.5, 0.6) is 0 Å². The van der Waals surface area contributed by atoms with Crippen molar-refractivity contribution in [3.63, 3.8) is 0 Å². The molecule has 0 saturated heterocycles. The third-order valence-corrected chi connectivity index (χ3v) is 6.08. The molecule has 2 amide bonds. The molecule has 0 bridgehead atoms. The Kier molecular flexibility index (Phi) is 6.76. The van der Waals surface area contributed by atoms with Gasteiger partial charge in [-0.15, -0.1) is 5.10 Å². The Bertz CT molecular complexity index is 997. The zero-order chi connectivity index (χ0) is 21.6. The molecule has 1 N–H and O–H groups in total. The number of hydrogen-bond acceptors (Lipinski definition) is 6. The average Bonchev–Trinajstić information content (AvgIpc) is 3.46. The molecule has 31 heavy (non-hydrogen) atoms. The Hall–Kier alpha value is -3.00. The number of hydrogen-bond donors (Lipinski definition) is 1. The number of nitrogens with zero attached hydrogens (tertiary/aromatic N) is 3. The molecule has 0 spiro atoms. The summed E-state index contributed by atoms with van der Waals surface area (Å²) in [4.78, 5) is 28.5. The smallest absolute Gasteiger partial charge is 0.276 e. The van der Waals surface area contributed by atoms with Gasteiger partial charge in [0.05, 0.1) is 0 Å². The van der Waals surface area contributed by atoms with E-state index in [-0.39, 0.29) is 30.1 Å². The number of carbonyl (C=O) groups excluding carboxylic acids is 2. The van der Waals surface area contributed by atoms with Crippen molar-refractivity contribution in [2.75, 3.05) is 0 Å². The van der Waals surface area contributed by atoms with E-state index in [0.29, 0.717) is 11.5 Å². The second-order valence-electron chi connectivity index (χ2n) is 7.90. The van der Waals surface area contributed by atoms with Crippen molar-refractivity contribution in [2.24, 2.45) is 0 Å². The number of amides is 2. The predicted octanol–water partition coefficient (Wildman–Crippen LogP) is 4.27. The van der Waals surface area contributed by atoms with Gasteiger partial charge in [-0.1, -0.05) is 54.1 Å². The fourth-order valence-electron chi connectivity index (χ4n) is 4.02. The highest BCUT2D eigenvalue weighted by Gasteiger charge is 2.36. The monoisotopic (exact) mass is 438 g/mol. The number of rotatable bonds is 7. The zero-order valence-corrected chi connectivity index (χ0v) is 18.3. The van der Waals surface area contributed by atoms with Crippen molar-refractivity contribution in [1.82, 2.24) is 19.8 Å². The molecule has 1 aliphatic carbocycles. The van der Waals surface area contributed by atoms with Gasteiger partial charge in [-0.2, -0.15) is 0 Å². The maximum Gasteiger partial charge on any atom is 0.276 e. The summed E-state index contributed by atoms with van der Waals surface area (Å²) in [6.45, 7) is 2.08. The van der Waals surface area contributed by atoms with Crippen LogP contribution in [0.25, 0.3) is 0 Å². The van der Waals surface area contributed by atoms with Crippen molar-refractivity contribution in [2.45, 2.75) is 57.7 Å². The van der Waals surface area contributed by atoms with Gasteiger partial charge in [0.15, 0.2) is 11.7 Å². The summed E-state index contributed by atoms with van der Waals surface area (Å²) in [7, 11) is 0. The van der Waals surface area contributed by atoms with Crippen LogP contribution in [0.1, 0.15) is 65.7 Å². The molecule has 0 aliphatic heterocycles. The highest BCUT2D eigenvalue weighted by molar-refractivity contribution is 7.03. The summed E-state index contributed by atoms with van der Waals surface area (Å²) < 4.78 is 9.68. The summed E-state index contributed by atoms with van der Waals surface area (Å²) in [5.41, 5.74) is 1.14. The Morgan fingerprint density at radius 1 is 1.16 bits per heavy atom. The van der Waals surface area contributed by atoms with E-state index < -0.39 is 6.04 Å². The van der Waals surface area contributed by atoms with Crippen molar-refractivity contribution >= 4 is 23.3 Å². The van der Waals surface area contributed by atoms with Gasteiger partial charge in [-0.05, 0) is 49.0 Å². The van der Waals surface area contributed by atoms with E-state index >= 15 is 0 Å². The third kappa shape index (κ3) is 5.19. The summed E-state index contributed by atoms with van der Waals surface area (Å²) in [5, 5.41) is 8.72. The van der Waals surface area contributed by atoms with Crippen molar-refractivity contribution in [3.05, 3.63) is 70.6 Å². The SMILES string of the molecule is Cc1ccc(C(C(=O)NC2CCCCC2)N(Cc2ccccc2)C(=O)c2csnn2)o1. The maximum absolute atomic E-state index is 13.5. The van der Waals surface area contributed by atoms with Crippen LogP contribution in [0.15, 0.2) is 52.3 Å². The minimum atomic E-state index is -0.898. The number of benzene rings is 1. The zero-order valence-electron chi connectivity index (χ0n) is 17.5. The van der Waals surface area contributed by atoms with Crippen LogP contribution in [-0.2, 0) is 11.3 Å². The Morgan fingerprint density at radius 3 is 2.58 bits per heavy atom. The summed E-state index contributed by atoms with van der Waals surface area (Å²) in [5.74, 6) is 0.551. The van der Waals surface area contributed by atoms with Gasteiger partial charge in [0.2, 0.25) is 0 Å². The first kappa shape index (κ1) is 21.2. The van der Waals surface area contributed by atoms with E-state index in [1.807, 2.05) is 43.3 Å². The number of nitrogens with one attached hydrogen (secondary N) is 1. The van der Waals surface area contributed by atoms with E-state index in [9.17, 15) is 9.59 Å². The lowest BCUT2D eigenvalue weighted by atomic mass is 9.95. The molecule has 4 rings (SSSR count). The Labute approximate surface area is 185 Å². The Morgan fingerprint density at radius 2 is 1.94 bits per heavy atom. The van der Waals surface area contributed by atoms with Gasteiger partial charge in [0.25, 0.3) is 11.8 Å². The summed E-state index contributed by atoms with van der Waals surface area (Å²) in [6.07, 6.45) is 5.32. The molecule has 162 valence electrons. The largest absolute Gasteiger partial charge is 0.464 e. The molecule has 7 nitrogen and oxygen atoms in total. The van der Waals surface area contributed by atoms with E-state index in [1.54, 1.807) is 11.4 Å². The van der Waals surface area contributed by atoms with Gasteiger partial charge in [-0.3, -0.25) is 9.59 Å². The quantitative estimate of drug-likeness (QED) is 0.595. The average molecular weight is 439 g/mol. The molecule has 1 aliphatic rings. The minimum absolute atomic E-state index is 0.120. The molecule has 2 heterocycles. The van der Waals surface area contributed by atoms with Crippen molar-refractivity contribution in [3.8, 4) is 0 Å². The maximum atomic E-state index is 13.5. The van der Waals surface area contributed by atoms with Gasteiger partial charge < -0.3 is 14.6 Å². The number of aromatic nitrogens is 2. The summed E-state index contributed by atoms with van der Waals surface area (Å²) >= 11 is 1.11. The highest BCUT2D eigenvalue weighted by atomic mass is 32.1. The third-order valence-electron chi connectivity index (χ3n) is 5.58. The second kappa shape index (κ2) is 9.87. The van der Waals surface area contributed by atoms with E-state index in [4.69, 9.17) is 4.42 Å². The van der Waals surface area contributed by atoms with Crippen LogP contribution in [0.3, 0.4) is 0 Å². The minimum Gasteiger partial charge on any atom is -0.464 e. The lowest BCUT2D eigenvalue weighted by molar-refractivity contribution is -0.127. The normalized spacial score (nSPS) is 15.4. The molecular weight excluding hydrogens is 412 g/mol. The first-order chi connectivity index (χ1) is 15.1. The topological polar surface area (TPSA) is 88.3 Å². The molecule has 1 saturated carbocycles. The van der Waals surface area contributed by atoms with Crippen molar-refractivity contribution < 1.29 is 14.0 Å². The highest BCUT2D eigenvalue weighted by Crippen LogP contribution is 2.28. The van der Waals surface area contributed by atoms with Crippen LogP contribution in [0.4, 0.5) is 0 Å². The number of carbonyl (C=O) groups is 2.